The zero-order valence-corrected chi connectivity index (χ0v) is 13.1. The molecule has 1 fully saturated rings. The molecule has 1 heterocycles. The normalized spacial score (nSPS) is 19.4. The van der Waals surface area contributed by atoms with Crippen molar-refractivity contribution in [3.63, 3.8) is 0 Å². The number of ether oxygens (including phenoxy) is 2. The van der Waals surface area contributed by atoms with Crippen molar-refractivity contribution in [2.24, 2.45) is 0 Å². The monoisotopic (exact) mass is 277 g/mol. The third-order valence-electron chi connectivity index (χ3n) is 3.46. The standard InChI is InChI=1S/C17H27NO2/c1-12(2)19-16-8-7-14(10-17(16)20-13(3)4)15-6-5-9-18-11-15/h7-8,10,12-13,15,18H,5-6,9,11H2,1-4H3. The molecule has 3 heteroatoms. The van der Waals surface area contributed by atoms with Crippen LogP contribution in [0, 0.1) is 0 Å². The Morgan fingerprint density at radius 3 is 2.35 bits per heavy atom. The molecule has 0 radical (unpaired) electrons. The lowest BCUT2D eigenvalue weighted by atomic mass is 9.91. The second kappa shape index (κ2) is 6.98. The van der Waals surface area contributed by atoms with E-state index < -0.39 is 0 Å². The van der Waals surface area contributed by atoms with E-state index in [-0.39, 0.29) is 12.2 Å². The first-order chi connectivity index (χ1) is 9.56. The Hall–Kier alpha value is -1.22. The van der Waals surface area contributed by atoms with Gasteiger partial charge in [-0.3, -0.25) is 0 Å². The van der Waals surface area contributed by atoms with Crippen LogP contribution >= 0.6 is 0 Å². The molecule has 1 unspecified atom stereocenters. The van der Waals surface area contributed by atoms with Crippen molar-refractivity contribution < 1.29 is 9.47 Å². The van der Waals surface area contributed by atoms with Gasteiger partial charge in [-0.25, -0.2) is 0 Å². The summed E-state index contributed by atoms with van der Waals surface area (Å²) in [4.78, 5) is 0. The van der Waals surface area contributed by atoms with Crippen molar-refractivity contribution >= 4 is 0 Å². The summed E-state index contributed by atoms with van der Waals surface area (Å²) in [5.74, 6) is 2.31. The lowest BCUT2D eigenvalue weighted by Crippen LogP contribution is -2.28. The molecule has 1 aliphatic heterocycles. The molecule has 2 rings (SSSR count). The first-order valence-corrected chi connectivity index (χ1v) is 7.74. The van der Waals surface area contributed by atoms with Gasteiger partial charge < -0.3 is 14.8 Å². The summed E-state index contributed by atoms with van der Waals surface area (Å²) in [7, 11) is 0. The van der Waals surface area contributed by atoms with Crippen LogP contribution in [0.15, 0.2) is 18.2 Å². The minimum Gasteiger partial charge on any atom is -0.487 e. The van der Waals surface area contributed by atoms with E-state index in [4.69, 9.17) is 9.47 Å². The van der Waals surface area contributed by atoms with E-state index in [9.17, 15) is 0 Å². The smallest absolute Gasteiger partial charge is 0.161 e. The third-order valence-corrected chi connectivity index (χ3v) is 3.46. The van der Waals surface area contributed by atoms with Crippen LogP contribution in [0.2, 0.25) is 0 Å². The quantitative estimate of drug-likeness (QED) is 0.889. The van der Waals surface area contributed by atoms with Crippen LogP contribution in [0.1, 0.15) is 52.0 Å². The molecular formula is C17H27NO2. The molecule has 1 aromatic carbocycles. The van der Waals surface area contributed by atoms with Crippen LogP contribution in [0.25, 0.3) is 0 Å². The van der Waals surface area contributed by atoms with Gasteiger partial charge in [0.25, 0.3) is 0 Å². The molecule has 112 valence electrons. The third kappa shape index (κ3) is 4.14. The highest BCUT2D eigenvalue weighted by Crippen LogP contribution is 2.34. The summed E-state index contributed by atoms with van der Waals surface area (Å²) in [6.45, 7) is 10.4. The summed E-state index contributed by atoms with van der Waals surface area (Å²) in [6, 6.07) is 6.40. The van der Waals surface area contributed by atoms with Crippen LogP contribution in [-0.4, -0.2) is 25.3 Å². The predicted octanol–water partition coefficient (Wildman–Crippen LogP) is 3.73. The van der Waals surface area contributed by atoms with E-state index in [1.165, 1.54) is 18.4 Å². The maximum Gasteiger partial charge on any atom is 0.161 e. The maximum atomic E-state index is 5.93. The molecule has 0 spiro atoms. The average molecular weight is 277 g/mol. The summed E-state index contributed by atoms with van der Waals surface area (Å²) >= 11 is 0. The second-order valence-corrected chi connectivity index (χ2v) is 6.08. The van der Waals surface area contributed by atoms with E-state index in [0.717, 1.165) is 24.6 Å². The van der Waals surface area contributed by atoms with Gasteiger partial charge in [0.15, 0.2) is 11.5 Å². The molecule has 0 aromatic heterocycles. The molecule has 0 amide bonds. The zero-order valence-electron chi connectivity index (χ0n) is 13.1. The number of nitrogens with one attached hydrogen (secondary N) is 1. The number of hydrogen-bond acceptors (Lipinski definition) is 3. The second-order valence-electron chi connectivity index (χ2n) is 6.08. The van der Waals surface area contributed by atoms with Gasteiger partial charge in [0.05, 0.1) is 12.2 Å². The first kappa shape index (κ1) is 15.2. The first-order valence-electron chi connectivity index (χ1n) is 7.74. The van der Waals surface area contributed by atoms with E-state index in [1.54, 1.807) is 0 Å². The Kier molecular flexibility index (Phi) is 5.30. The van der Waals surface area contributed by atoms with E-state index >= 15 is 0 Å². The topological polar surface area (TPSA) is 30.5 Å². The van der Waals surface area contributed by atoms with Crippen molar-refractivity contribution in [2.75, 3.05) is 13.1 Å². The van der Waals surface area contributed by atoms with Gasteiger partial charge in [0.1, 0.15) is 0 Å². The minimum absolute atomic E-state index is 0.157. The fourth-order valence-corrected chi connectivity index (χ4v) is 2.61. The molecule has 20 heavy (non-hydrogen) atoms. The fraction of sp³-hybridized carbons (Fsp3) is 0.647. The highest BCUT2D eigenvalue weighted by Gasteiger charge is 2.18. The zero-order chi connectivity index (χ0) is 14.5. The number of benzene rings is 1. The molecule has 3 nitrogen and oxygen atoms in total. The van der Waals surface area contributed by atoms with Crippen molar-refractivity contribution in [1.82, 2.24) is 5.32 Å². The van der Waals surface area contributed by atoms with Crippen LogP contribution in [0.3, 0.4) is 0 Å². The Morgan fingerprint density at radius 1 is 1.05 bits per heavy atom. The van der Waals surface area contributed by atoms with E-state index in [2.05, 4.69) is 23.5 Å². The van der Waals surface area contributed by atoms with Crippen molar-refractivity contribution in [3.8, 4) is 11.5 Å². The molecule has 1 N–H and O–H groups in total. The lowest BCUT2D eigenvalue weighted by Gasteiger charge is -2.25. The highest BCUT2D eigenvalue weighted by atomic mass is 16.5. The predicted molar refractivity (Wildman–Crippen MR) is 82.8 cm³/mol. The van der Waals surface area contributed by atoms with Gasteiger partial charge in [0, 0.05) is 6.54 Å². The largest absolute Gasteiger partial charge is 0.487 e. The van der Waals surface area contributed by atoms with Crippen LogP contribution in [-0.2, 0) is 0 Å². The Bertz CT molecular complexity index is 423. The van der Waals surface area contributed by atoms with Gasteiger partial charge in [-0.05, 0) is 70.7 Å². The van der Waals surface area contributed by atoms with Gasteiger partial charge >= 0.3 is 0 Å². The summed E-state index contributed by atoms with van der Waals surface area (Å²) in [6.07, 6.45) is 2.81. The average Bonchev–Trinajstić information content (AvgIpc) is 2.40. The van der Waals surface area contributed by atoms with Crippen molar-refractivity contribution in [3.05, 3.63) is 23.8 Å². The molecule has 1 aromatic rings. The summed E-state index contributed by atoms with van der Waals surface area (Å²) < 4.78 is 11.8. The number of hydrogen-bond donors (Lipinski definition) is 1. The molecule has 1 saturated heterocycles. The van der Waals surface area contributed by atoms with Crippen LogP contribution < -0.4 is 14.8 Å². The highest BCUT2D eigenvalue weighted by molar-refractivity contribution is 5.44. The molecule has 1 atom stereocenters. The number of rotatable bonds is 5. The molecule has 1 aliphatic rings. The Morgan fingerprint density at radius 2 is 1.75 bits per heavy atom. The van der Waals surface area contributed by atoms with Gasteiger partial charge in [-0.15, -0.1) is 0 Å². The summed E-state index contributed by atoms with van der Waals surface area (Å²) in [5, 5.41) is 3.47. The minimum atomic E-state index is 0.157. The molecule has 0 bridgehead atoms. The Labute approximate surface area is 122 Å². The van der Waals surface area contributed by atoms with Gasteiger partial charge in [0.2, 0.25) is 0 Å². The van der Waals surface area contributed by atoms with Crippen LogP contribution in [0.5, 0.6) is 11.5 Å². The van der Waals surface area contributed by atoms with E-state index in [1.807, 2.05) is 27.7 Å². The number of piperidine rings is 1. The van der Waals surface area contributed by atoms with Crippen molar-refractivity contribution in [2.45, 2.75) is 58.7 Å². The Balaban J connectivity index is 2.22. The van der Waals surface area contributed by atoms with Crippen LogP contribution in [0.4, 0.5) is 0 Å². The molecule has 0 saturated carbocycles. The fourth-order valence-electron chi connectivity index (χ4n) is 2.61. The maximum absolute atomic E-state index is 5.93. The SMILES string of the molecule is CC(C)Oc1ccc(C2CCCNC2)cc1OC(C)C. The van der Waals surface area contributed by atoms with Crippen molar-refractivity contribution in [1.29, 1.82) is 0 Å². The van der Waals surface area contributed by atoms with E-state index in [0.29, 0.717) is 5.92 Å². The molecule has 0 aliphatic carbocycles. The molecular weight excluding hydrogens is 250 g/mol. The van der Waals surface area contributed by atoms with Gasteiger partial charge in [-0.2, -0.15) is 0 Å². The lowest BCUT2D eigenvalue weighted by molar-refractivity contribution is 0.198. The summed E-state index contributed by atoms with van der Waals surface area (Å²) in [5.41, 5.74) is 1.35. The van der Waals surface area contributed by atoms with Gasteiger partial charge in [-0.1, -0.05) is 6.07 Å².